The molecule has 0 amide bonds. The lowest BCUT2D eigenvalue weighted by atomic mass is 9.89. The minimum absolute atomic E-state index is 0.368. The molecule has 1 aliphatic rings. The number of nitrogens with zero attached hydrogens (tertiary/aromatic N) is 1. The van der Waals surface area contributed by atoms with E-state index in [4.69, 9.17) is 0 Å². The van der Waals surface area contributed by atoms with E-state index in [-0.39, 0.29) is 0 Å². The van der Waals surface area contributed by atoms with Gasteiger partial charge in [0.25, 0.3) is 0 Å². The van der Waals surface area contributed by atoms with Gasteiger partial charge in [0.2, 0.25) is 0 Å². The van der Waals surface area contributed by atoms with Crippen molar-refractivity contribution in [3.05, 3.63) is 35.4 Å². The Hall–Kier alpha value is -0.980. The second kappa shape index (κ2) is 3.82. The summed E-state index contributed by atoms with van der Waals surface area (Å²) in [5.41, 5.74) is 2.89. The highest BCUT2D eigenvalue weighted by Crippen LogP contribution is 2.22. The van der Waals surface area contributed by atoms with E-state index in [1.807, 2.05) is 0 Å². The summed E-state index contributed by atoms with van der Waals surface area (Å²) < 4.78 is 0. The molecule has 0 heterocycles. The number of isothiocyanates is 1. The van der Waals surface area contributed by atoms with Crippen molar-refractivity contribution in [2.75, 3.05) is 0 Å². The largest absolute Gasteiger partial charge is 0.229 e. The molecule has 0 aliphatic heterocycles. The van der Waals surface area contributed by atoms with Gasteiger partial charge in [-0.05, 0) is 42.6 Å². The summed E-state index contributed by atoms with van der Waals surface area (Å²) in [6.45, 7) is 0. The van der Waals surface area contributed by atoms with Crippen LogP contribution in [-0.2, 0) is 12.8 Å². The quantitative estimate of drug-likeness (QED) is 0.488. The van der Waals surface area contributed by atoms with Crippen molar-refractivity contribution in [3.8, 4) is 0 Å². The van der Waals surface area contributed by atoms with Crippen LogP contribution < -0.4 is 0 Å². The number of benzene rings is 1. The number of thiocarbonyl (C=S) groups is 1. The Balaban J connectivity index is 2.24. The highest BCUT2D eigenvalue weighted by Gasteiger charge is 2.16. The molecule has 1 atom stereocenters. The van der Waals surface area contributed by atoms with Crippen LogP contribution in [0.5, 0.6) is 0 Å². The molecule has 0 saturated heterocycles. The van der Waals surface area contributed by atoms with E-state index in [2.05, 4.69) is 46.6 Å². The number of hydrogen-bond acceptors (Lipinski definition) is 2. The number of aryl methyl sites for hydroxylation is 1. The second-order valence-corrected chi connectivity index (χ2v) is 3.57. The van der Waals surface area contributed by atoms with Crippen molar-refractivity contribution in [2.45, 2.75) is 25.3 Å². The van der Waals surface area contributed by atoms with Crippen LogP contribution in [0.3, 0.4) is 0 Å². The molecule has 0 aromatic heterocycles. The maximum atomic E-state index is 4.61. The van der Waals surface area contributed by atoms with Crippen LogP contribution in [0.4, 0.5) is 0 Å². The van der Waals surface area contributed by atoms with Gasteiger partial charge in [0.1, 0.15) is 0 Å². The summed E-state index contributed by atoms with van der Waals surface area (Å²) in [5.74, 6) is 0. The molecule has 1 aliphatic carbocycles. The average Bonchev–Trinajstić information content (AvgIpc) is 2.18. The molecule has 0 spiro atoms. The smallest absolute Gasteiger partial charge is 0.0646 e. The Labute approximate surface area is 83.5 Å². The highest BCUT2D eigenvalue weighted by molar-refractivity contribution is 7.78. The van der Waals surface area contributed by atoms with Crippen LogP contribution >= 0.6 is 12.2 Å². The number of rotatable bonds is 1. The van der Waals surface area contributed by atoms with Gasteiger partial charge >= 0.3 is 0 Å². The predicted octanol–water partition coefficient (Wildman–Crippen LogP) is 2.65. The van der Waals surface area contributed by atoms with Gasteiger partial charge in [-0.25, -0.2) is 4.99 Å². The van der Waals surface area contributed by atoms with Gasteiger partial charge in [0.15, 0.2) is 0 Å². The molecule has 0 fully saturated rings. The lowest BCUT2D eigenvalue weighted by molar-refractivity contribution is 0.582. The summed E-state index contributed by atoms with van der Waals surface area (Å²) in [5, 5.41) is 2.48. The first-order chi connectivity index (χ1) is 6.40. The number of fused-ring (bicyclic) bond motifs is 1. The molecular weight excluding hydrogens is 178 g/mol. The van der Waals surface area contributed by atoms with E-state index in [1.165, 1.54) is 11.1 Å². The Bertz CT molecular complexity index is 353. The number of aliphatic imine (C=N–C) groups is 1. The minimum atomic E-state index is 0.368. The van der Waals surface area contributed by atoms with Crippen molar-refractivity contribution in [1.82, 2.24) is 0 Å². The molecular formula is C11H11NS. The molecule has 1 aromatic carbocycles. The van der Waals surface area contributed by atoms with Crippen molar-refractivity contribution < 1.29 is 0 Å². The fourth-order valence-electron chi connectivity index (χ4n) is 1.86. The van der Waals surface area contributed by atoms with E-state index in [9.17, 15) is 0 Å². The fraction of sp³-hybridized carbons (Fsp3) is 0.364. The molecule has 1 nitrogen and oxygen atoms in total. The average molecular weight is 189 g/mol. The van der Waals surface area contributed by atoms with Crippen LogP contribution in [0.25, 0.3) is 0 Å². The van der Waals surface area contributed by atoms with Crippen LogP contribution in [0.15, 0.2) is 29.3 Å². The first-order valence-corrected chi connectivity index (χ1v) is 4.95. The molecule has 0 N–H and O–H groups in total. The summed E-state index contributed by atoms with van der Waals surface area (Å²) in [7, 11) is 0. The van der Waals surface area contributed by atoms with Gasteiger partial charge < -0.3 is 0 Å². The van der Waals surface area contributed by atoms with E-state index in [0.717, 1.165) is 19.3 Å². The molecule has 66 valence electrons. The van der Waals surface area contributed by atoms with Crippen molar-refractivity contribution in [2.24, 2.45) is 4.99 Å². The summed E-state index contributed by atoms with van der Waals surface area (Å²) in [6.07, 6.45) is 3.27. The third kappa shape index (κ3) is 1.85. The van der Waals surface area contributed by atoms with Gasteiger partial charge in [-0.3, -0.25) is 0 Å². The van der Waals surface area contributed by atoms with Crippen LogP contribution in [0, 0.1) is 0 Å². The molecule has 2 heteroatoms. The van der Waals surface area contributed by atoms with Crippen LogP contribution in [0.2, 0.25) is 0 Å². The molecule has 1 aromatic rings. The lowest BCUT2D eigenvalue weighted by Gasteiger charge is -2.20. The standard InChI is InChI=1S/C11H11NS/c13-8-12-11-6-5-9-3-1-2-4-10(9)7-11/h1-4,11H,5-7H2/t11-/m1/s1. The zero-order chi connectivity index (χ0) is 9.10. The maximum Gasteiger partial charge on any atom is 0.0646 e. The normalized spacial score (nSPS) is 20.2. The molecule has 2 rings (SSSR count). The van der Waals surface area contributed by atoms with Crippen molar-refractivity contribution in [1.29, 1.82) is 0 Å². The lowest BCUT2D eigenvalue weighted by Crippen LogP contribution is -2.16. The van der Waals surface area contributed by atoms with Crippen molar-refractivity contribution in [3.63, 3.8) is 0 Å². The first-order valence-electron chi connectivity index (χ1n) is 4.54. The molecule has 0 unspecified atom stereocenters. The Kier molecular flexibility index (Phi) is 2.53. The summed E-state index contributed by atoms with van der Waals surface area (Å²) in [6, 6.07) is 8.93. The third-order valence-corrected chi connectivity index (χ3v) is 2.66. The minimum Gasteiger partial charge on any atom is -0.229 e. The SMILES string of the molecule is S=C=N[C@@H]1CCc2ccccc2C1. The van der Waals surface area contributed by atoms with E-state index in [0.29, 0.717) is 6.04 Å². The monoisotopic (exact) mass is 189 g/mol. The number of hydrogen-bond donors (Lipinski definition) is 0. The topological polar surface area (TPSA) is 12.4 Å². The highest BCUT2D eigenvalue weighted by atomic mass is 32.1. The maximum absolute atomic E-state index is 4.61. The van der Waals surface area contributed by atoms with E-state index in [1.54, 1.807) is 0 Å². The van der Waals surface area contributed by atoms with Crippen LogP contribution in [0.1, 0.15) is 17.5 Å². The fourth-order valence-corrected chi connectivity index (χ4v) is 2.01. The zero-order valence-electron chi connectivity index (χ0n) is 7.36. The summed E-state index contributed by atoms with van der Waals surface area (Å²) >= 11 is 4.61. The van der Waals surface area contributed by atoms with Gasteiger partial charge in [-0.2, -0.15) is 0 Å². The summed E-state index contributed by atoms with van der Waals surface area (Å²) in [4.78, 5) is 4.15. The molecule has 0 radical (unpaired) electrons. The Morgan fingerprint density at radius 3 is 2.85 bits per heavy atom. The van der Waals surface area contributed by atoms with Gasteiger partial charge in [-0.1, -0.05) is 24.3 Å². The van der Waals surface area contributed by atoms with E-state index < -0.39 is 0 Å². The zero-order valence-corrected chi connectivity index (χ0v) is 8.18. The third-order valence-electron chi connectivity index (χ3n) is 2.56. The Morgan fingerprint density at radius 1 is 1.31 bits per heavy atom. The van der Waals surface area contributed by atoms with Crippen molar-refractivity contribution >= 4 is 17.4 Å². The van der Waals surface area contributed by atoms with Gasteiger partial charge in [-0.15, -0.1) is 0 Å². The first kappa shape index (κ1) is 8.61. The second-order valence-electron chi connectivity index (χ2n) is 3.39. The molecule has 0 bridgehead atoms. The van der Waals surface area contributed by atoms with Gasteiger partial charge in [0, 0.05) is 0 Å². The molecule has 0 saturated carbocycles. The van der Waals surface area contributed by atoms with Gasteiger partial charge in [0.05, 0.1) is 11.2 Å². The molecule has 13 heavy (non-hydrogen) atoms. The Morgan fingerprint density at radius 2 is 2.08 bits per heavy atom. The van der Waals surface area contributed by atoms with Crippen LogP contribution in [-0.4, -0.2) is 11.2 Å². The predicted molar refractivity (Wildman–Crippen MR) is 57.3 cm³/mol. The van der Waals surface area contributed by atoms with E-state index >= 15 is 0 Å².